The lowest BCUT2D eigenvalue weighted by Gasteiger charge is -2.36. The van der Waals surface area contributed by atoms with Crippen molar-refractivity contribution in [3.63, 3.8) is 0 Å². The summed E-state index contributed by atoms with van der Waals surface area (Å²) in [7, 11) is 3.38. The van der Waals surface area contributed by atoms with E-state index in [-0.39, 0.29) is 23.3 Å². The fourth-order valence-electron chi connectivity index (χ4n) is 3.96. The highest BCUT2D eigenvalue weighted by molar-refractivity contribution is 6.25. The van der Waals surface area contributed by atoms with Gasteiger partial charge in [0.1, 0.15) is 11.3 Å². The van der Waals surface area contributed by atoms with Crippen molar-refractivity contribution in [3.8, 4) is 0 Å². The SMILES string of the molecule is COC1=CC2=C(C(=O)Nc3ccc(C)cc3)C(=O)N(C)C23C=CC1C3. The summed E-state index contributed by atoms with van der Waals surface area (Å²) in [4.78, 5) is 27.4. The van der Waals surface area contributed by atoms with Gasteiger partial charge in [0, 0.05) is 24.2 Å². The van der Waals surface area contributed by atoms with E-state index < -0.39 is 5.54 Å². The van der Waals surface area contributed by atoms with Gasteiger partial charge >= 0.3 is 0 Å². The van der Waals surface area contributed by atoms with E-state index in [0.717, 1.165) is 23.3 Å². The number of amides is 2. The first-order valence-corrected chi connectivity index (χ1v) is 8.32. The van der Waals surface area contributed by atoms with Crippen molar-refractivity contribution < 1.29 is 14.3 Å². The normalized spacial score (nSPS) is 26.7. The number of hydrogen-bond donors (Lipinski definition) is 1. The molecule has 0 saturated heterocycles. The maximum atomic E-state index is 12.9. The Morgan fingerprint density at radius 3 is 2.72 bits per heavy atom. The fraction of sp³-hybridized carbons (Fsp3) is 0.300. The van der Waals surface area contributed by atoms with Gasteiger partial charge in [0.25, 0.3) is 11.8 Å². The predicted molar refractivity (Wildman–Crippen MR) is 94.7 cm³/mol. The van der Waals surface area contributed by atoms with E-state index in [4.69, 9.17) is 4.74 Å². The van der Waals surface area contributed by atoms with Gasteiger partial charge in [0.2, 0.25) is 0 Å². The minimum absolute atomic E-state index is 0.156. The Bertz CT molecular complexity index is 863. The topological polar surface area (TPSA) is 58.6 Å². The van der Waals surface area contributed by atoms with Gasteiger partial charge in [-0.15, -0.1) is 0 Å². The van der Waals surface area contributed by atoms with Crippen molar-refractivity contribution in [2.45, 2.75) is 18.9 Å². The summed E-state index contributed by atoms with van der Waals surface area (Å²) in [6.45, 7) is 1.98. The number of carbonyl (C=O) groups excluding carboxylic acids is 2. The van der Waals surface area contributed by atoms with Crippen LogP contribution in [0.1, 0.15) is 12.0 Å². The van der Waals surface area contributed by atoms with E-state index in [2.05, 4.69) is 11.4 Å². The van der Waals surface area contributed by atoms with E-state index in [1.807, 2.05) is 43.3 Å². The minimum Gasteiger partial charge on any atom is -0.500 e. The Labute approximate surface area is 146 Å². The Balaban J connectivity index is 1.76. The molecule has 0 fully saturated rings. The number of hydrogen-bond acceptors (Lipinski definition) is 3. The number of likely N-dealkylation sites (N-methyl/N-ethyl adjacent to an activating group) is 1. The predicted octanol–water partition coefficient (Wildman–Crippen LogP) is 2.56. The molecule has 0 aromatic heterocycles. The summed E-state index contributed by atoms with van der Waals surface area (Å²) in [6, 6.07) is 7.51. The van der Waals surface area contributed by atoms with E-state index >= 15 is 0 Å². The molecule has 1 aliphatic heterocycles. The molecule has 2 atom stereocenters. The first-order chi connectivity index (χ1) is 12.0. The van der Waals surface area contributed by atoms with Gasteiger partial charge in [-0.25, -0.2) is 0 Å². The van der Waals surface area contributed by atoms with Crippen LogP contribution in [0.3, 0.4) is 0 Å². The van der Waals surface area contributed by atoms with Crippen LogP contribution in [0.5, 0.6) is 0 Å². The van der Waals surface area contributed by atoms with Crippen LogP contribution in [-0.4, -0.2) is 36.4 Å². The quantitative estimate of drug-likeness (QED) is 0.682. The second-order valence-corrected chi connectivity index (χ2v) is 6.82. The maximum absolute atomic E-state index is 12.9. The number of nitrogens with zero attached hydrogens (tertiary/aromatic N) is 1. The molecule has 3 aliphatic rings. The molecule has 2 unspecified atom stereocenters. The molecule has 1 N–H and O–H groups in total. The van der Waals surface area contributed by atoms with Gasteiger partial charge in [0.05, 0.1) is 12.6 Å². The third-order valence-electron chi connectivity index (χ3n) is 5.41. The zero-order valence-electron chi connectivity index (χ0n) is 14.5. The zero-order chi connectivity index (χ0) is 17.8. The summed E-state index contributed by atoms with van der Waals surface area (Å²) in [5.41, 5.74) is 2.18. The molecule has 0 saturated carbocycles. The van der Waals surface area contributed by atoms with Gasteiger partial charge < -0.3 is 15.0 Å². The minimum atomic E-state index is -0.524. The molecule has 5 nitrogen and oxygen atoms in total. The highest BCUT2D eigenvalue weighted by atomic mass is 16.5. The average molecular weight is 336 g/mol. The Hall–Kier alpha value is -2.82. The van der Waals surface area contributed by atoms with Gasteiger partial charge in [-0.3, -0.25) is 9.59 Å². The summed E-state index contributed by atoms with van der Waals surface area (Å²) in [6.07, 6.45) is 6.68. The molecule has 1 spiro atoms. The summed E-state index contributed by atoms with van der Waals surface area (Å²) in [5.74, 6) is 0.322. The lowest BCUT2D eigenvalue weighted by molar-refractivity contribution is -0.128. The molecular weight excluding hydrogens is 316 g/mol. The van der Waals surface area contributed by atoms with Crippen LogP contribution >= 0.6 is 0 Å². The zero-order valence-corrected chi connectivity index (χ0v) is 14.5. The Kier molecular flexibility index (Phi) is 3.35. The molecular formula is C20H20N2O3. The molecule has 0 radical (unpaired) electrons. The summed E-state index contributed by atoms with van der Waals surface area (Å²) >= 11 is 0. The molecule has 2 amide bonds. The average Bonchev–Trinajstić information content (AvgIpc) is 3.08. The molecule has 25 heavy (non-hydrogen) atoms. The third-order valence-corrected chi connectivity index (χ3v) is 5.41. The number of nitrogens with one attached hydrogen (secondary N) is 1. The van der Waals surface area contributed by atoms with Crippen LogP contribution in [0.2, 0.25) is 0 Å². The molecule has 5 heteroatoms. The number of rotatable bonds is 3. The first-order valence-electron chi connectivity index (χ1n) is 8.32. The highest BCUT2D eigenvalue weighted by Crippen LogP contribution is 2.51. The van der Waals surface area contributed by atoms with Crippen LogP contribution in [0.25, 0.3) is 0 Å². The van der Waals surface area contributed by atoms with Crippen LogP contribution in [0, 0.1) is 12.8 Å². The number of ether oxygens (including phenoxy) is 1. The van der Waals surface area contributed by atoms with E-state index in [1.165, 1.54) is 0 Å². The van der Waals surface area contributed by atoms with Crippen molar-refractivity contribution in [2.75, 3.05) is 19.5 Å². The van der Waals surface area contributed by atoms with Gasteiger partial charge in [0.15, 0.2) is 0 Å². The molecule has 128 valence electrons. The standard InChI is InChI=1S/C20H20N2O3/c1-12-4-6-14(7-5-12)21-18(23)17-15-10-16(25-3)13-8-9-20(15,11-13)22(2)19(17)24/h4-10,13H,11H2,1-3H3,(H,21,23). The molecule has 2 bridgehead atoms. The molecule has 4 rings (SSSR count). The second-order valence-electron chi connectivity index (χ2n) is 6.82. The van der Waals surface area contributed by atoms with Crippen molar-refractivity contribution in [3.05, 3.63) is 65.0 Å². The second kappa shape index (κ2) is 5.34. The smallest absolute Gasteiger partial charge is 0.261 e. The number of carbonyl (C=O) groups is 2. The van der Waals surface area contributed by atoms with Crippen LogP contribution in [0.4, 0.5) is 5.69 Å². The van der Waals surface area contributed by atoms with Crippen molar-refractivity contribution in [1.82, 2.24) is 4.90 Å². The number of methoxy groups -OCH3 is 1. The number of anilines is 1. The third kappa shape index (κ3) is 2.15. The van der Waals surface area contributed by atoms with Crippen molar-refractivity contribution >= 4 is 17.5 Å². The monoisotopic (exact) mass is 336 g/mol. The molecule has 1 aromatic rings. The lowest BCUT2D eigenvalue weighted by atomic mass is 9.81. The summed E-state index contributed by atoms with van der Waals surface area (Å²) < 4.78 is 5.47. The maximum Gasteiger partial charge on any atom is 0.261 e. The number of allylic oxidation sites excluding steroid dienone is 1. The largest absolute Gasteiger partial charge is 0.500 e. The van der Waals surface area contributed by atoms with Gasteiger partial charge in [-0.1, -0.05) is 29.8 Å². The lowest BCUT2D eigenvalue weighted by Crippen LogP contribution is -2.44. The number of benzene rings is 1. The van der Waals surface area contributed by atoms with Crippen LogP contribution in [-0.2, 0) is 14.3 Å². The van der Waals surface area contributed by atoms with Crippen LogP contribution < -0.4 is 5.32 Å². The molecule has 1 aromatic carbocycles. The molecule has 2 aliphatic carbocycles. The summed E-state index contributed by atoms with van der Waals surface area (Å²) in [5, 5.41) is 2.84. The van der Waals surface area contributed by atoms with Crippen molar-refractivity contribution in [2.24, 2.45) is 5.92 Å². The fourth-order valence-corrected chi connectivity index (χ4v) is 3.96. The van der Waals surface area contributed by atoms with E-state index in [1.54, 1.807) is 19.1 Å². The van der Waals surface area contributed by atoms with E-state index in [0.29, 0.717) is 5.69 Å². The first kappa shape index (κ1) is 15.7. The molecule has 1 heterocycles. The number of aryl methyl sites for hydroxylation is 1. The van der Waals surface area contributed by atoms with E-state index in [9.17, 15) is 9.59 Å². The Morgan fingerprint density at radius 2 is 2.04 bits per heavy atom. The van der Waals surface area contributed by atoms with Crippen LogP contribution in [0.15, 0.2) is 59.4 Å². The van der Waals surface area contributed by atoms with Gasteiger partial charge in [-0.2, -0.15) is 0 Å². The van der Waals surface area contributed by atoms with Gasteiger partial charge in [-0.05, 0) is 31.6 Å². The van der Waals surface area contributed by atoms with Crippen molar-refractivity contribution in [1.29, 1.82) is 0 Å². The number of fused-ring (bicyclic) bond motifs is 1. The highest BCUT2D eigenvalue weighted by Gasteiger charge is 2.55. The Morgan fingerprint density at radius 1 is 1.32 bits per heavy atom.